The van der Waals surface area contributed by atoms with Gasteiger partial charge in [-0.2, -0.15) is 0 Å². The Bertz CT molecular complexity index is 657. The number of benzene rings is 1. The summed E-state index contributed by atoms with van der Waals surface area (Å²) in [5.74, 6) is 2.11. The van der Waals surface area contributed by atoms with Crippen LogP contribution in [0.4, 0.5) is 5.69 Å². The maximum absolute atomic E-state index is 6.44. The van der Waals surface area contributed by atoms with Gasteiger partial charge in [0.05, 0.1) is 12.6 Å². The second-order valence-electron chi connectivity index (χ2n) is 5.76. The van der Waals surface area contributed by atoms with E-state index in [-0.39, 0.29) is 0 Å². The van der Waals surface area contributed by atoms with E-state index in [1.807, 2.05) is 18.2 Å². The van der Waals surface area contributed by atoms with E-state index in [4.69, 9.17) is 15.5 Å². The maximum Gasteiger partial charge on any atom is 0.121 e. The summed E-state index contributed by atoms with van der Waals surface area (Å²) < 4.78 is 5.29. The zero-order valence-electron chi connectivity index (χ0n) is 11.1. The number of aromatic nitrogens is 1. The third-order valence-electron chi connectivity index (χ3n) is 4.82. The number of nitrogens with zero attached hydrogens (tertiary/aromatic N) is 1. The number of hydrogen-bond donors (Lipinski definition) is 1. The number of hydrogen-bond acceptors (Lipinski definition) is 3. The normalized spacial score (nSPS) is 24.5. The van der Waals surface area contributed by atoms with Crippen molar-refractivity contribution in [3.63, 3.8) is 0 Å². The highest BCUT2D eigenvalue weighted by atomic mass is 16.5. The van der Waals surface area contributed by atoms with Crippen molar-refractivity contribution in [2.45, 2.75) is 37.5 Å². The number of fused-ring (bicyclic) bond motifs is 3. The monoisotopic (exact) mass is 254 g/mol. The molecule has 98 valence electrons. The van der Waals surface area contributed by atoms with Gasteiger partial charge < -0.3 is 10.5 Å². The molecular weight excluding hydrogens is 236 g/mol. The van der Waals surface area contributed by atoms with Crippen LogP contribution in [0.5, 0.6) is 5.75 Å². The lowest BCUT2D eigenvalue weighted by Gasteiger charge is -2.38. The minimum atomic E-state index is 0.623. The van der Waals surface area contributed by atoms with E-state index in [1.165, 1.54) is 36.9 Å². The van der Waals surface area contributed by atoms with Crippen molar-refractivity contribution < 1.29 is 4.74 Å². The molecule has 1 saturated carbocycles. The number of ether oxygens (including phenoxy) is 1. The van der Waals surface area contributed by atoms with Crippen LogP contribution in [-0.4, -0.2) is 12.1 Å². The molecule has 19 heavy (non-hydrogen) atoms. The lowest BCUT2D eigenvalue weighted by molar-refractivity contribution is 0.353. The van der Waals surface area contributed by atoms with Gasteiger partial charge in [-0.3, -0.25) is 4.98 Å². The highest BCUT2D eigenvalue weighted by Gasteiger charge is 2.36. The summed E-state index contributed by atoms with van der Waals surface area (Å²) >= 11 is 0. The Kier molecular flexibility index (Phi) is 2.25. The van der Waals surface area contributed by atoms with E-state index >= 15 is 0 Å². The van der Waals surface area contributed by atoms with Crippen LogP contribution in [0.3, 0.4) is 0 Å². The number of nitrogens with two attached hydrogens (primary N) is 1. The maximum atomic E-state index is 6.44. The van der Waals surface area contributed by atoms with Crippen molar-refractivity contribution >= 4 is 16.6 Å². The molecule has 1 aromatic heterocycles. The predicted octanol–water partition coefficient (Wildman–Crippen LogP) is 3.58. The van der Waals surface area contributed by atoms with Gasteiger partial charge in [0, 0.05) is 34.3 Å². The molecule has 5 rings (SSSR count). The lowest BCUT2D eigenvalue weighted by Crippen LogP contribution is -2.24. The Morgan fingerprint density at radius 3 is 2.63 bits per heavy atom. The Hall–Kier alpha value is -1.77. The first kappa shape index (κ1) is 11.1. The van der Waals surface area contributed by atoms with Crippen LogP contribution in [0.15, 0.2) is 18.2 Å². The number of anilines is 1. The minimum Gasteiger partial charge on any atom is -0.497 e. The number of pyridine rings is 1. The summed E-state index contributed by atoms with van der Waals surface area (Å²) in [5.41, 5.74) is 11.0. The molecule has 3 aliphatic rings. The van der Waals surface area contributed by atoms with Gasteiger partial charge in [-0.25, -0.2) is 0 Å². The second-order valence-corrected chi connectivity index (χ2v) is 5.76. The number of nitrogen functional groups attached to an aromatic ring is 1. The molecule has 0 saturated heterocycles. The fourth-order valence-electron chi connectivity index (χ4n) is 3.83. The summed E-state index contributed by atoms with van der Waals surface area (Å²) in [6.45, 7) is 0. The SMILES string of the molecule is COc1ccc2c(N)c3c(nc2c1)C1CCC3CC1. The smallest absolute Gasteiger partial charge is 0.121 e. The van der Waals surface area contributed by atoms with Gasteiger partial charge in [0.15, 0.2) is 0 Å². The van der Waals surface area contributed by atoms with E-state index in [9.17, 15) is 0 Å². The van der Waals surface area contributed by atoms with Crippen molar-refractivity contribution in [3.8, 4) is 5.75 Å². The molecule has 2 N–H and O–H groups in total. The summed E-state index contributed by atoms with van der Waals surface area (Å²) in [6, 6.07) is 6.00. The van der Waals surface area contributed by atoms with E-state index in [0.29, 0.717) is 11.8 Å². The zero-order chi connectivity index (χ0) is 13.0. The van der Waals surface area contributed by atoms with Crippen LogP contribution >= 0.6 is 0 Å². The fraction of sp³-hybridized carbons (Fsp3) is 0.438. The Balaban J connectivity index is 2.02. The molecule has 0 radical (unpaired) electrons. The minimum absolute atomic E-state index is 0.623. The standard InChI is InChI=1S/C16H18N2O/c1-19-11-6-7-12-13(8-11)18-16-10-4-2-9(3-5-10)14(16)15(12)17/h6-10H,2-5H2,1H3,(H2,17,18). The second kappa shape index (κ2) is 3.86. The molecule has 0 atom stereocenters. The Morgan fingerprint density at radius 2 is 1.89 bits per heavy atom. The van der Waals surface area contributed by atoms with Gasteiger partial charge in [-0.15, -0.1) is 0 Å². The Morgan fingerprint density at radius 1 is 1.16 bits per heavy atom. The first-order valence-corrected chi connectivity index (χ1v) is 7.05. The molecule has 1 aromatic carbocycles. The molecule has 0 spiro atoms. The van der Waals surface area contributed by atoms with Gasteiger partial charge in [0.1, 0.15) is 5.75 Å². The topological polar surface area (TPSA) is 48.1 Å². The van der Waals surface area contributed by atoms with Crippen LogP contribution in [0.2, 0.25) is 0 Å². The molecule has 0 amide bonds. The van der Waals surface area contributed by atoms with E-state index < -0.39 is 0 Å². The molecule has 2 aromatic rings. The van der Waals surface area contributed by atoms with Gasteiger partial charge >= 0.3 is 0 Å². The zero-order valence-corrected chi connectivity index (χ0v) is 11.1. The molecule has 3 aliphatic carbocycles. The quantitative estimate of drug-likeness (QED) is 0.846. The summed E-state index contributed by atoms with van der Waals surface area (Å²) in [4.78, 5) is 4.91. The third kappa shape index (κ3) is 1.47. The van der Waals surface area contributed by atoms with Crippen molar-refractivity contribution in [1.29, 1.82) is 0 Å². The first-order valence-electron chi connectivity index (χ1n) is 7.05. The van der Waals surface area contributed by atoms with Crippen LogP contribution in [0.25, 0.3) is 10.9 Å². The first-order chi connectivity index (χ1) is 9.28. The van der Waals surface area contributed by atoms with E-state index in [1.54, 1.807) is 7.11 Å². The van der Waals surface area contributed by atoms with Crippen LogP contribution in [0.1, 0.15) is 48.8 Å². The average Bonchev–Trinajstić information content (AvgIpc) is 2.47. The lowest BCUT2D eigenvalue weighted by atomic mass is 9.68. The molecule has 0 unspecified atom stereocenters. The highest BCUT2D eigenvalue weighted by Crippen LogP contribution is 2.51. The molecule has 2 bridgehead atoms. The summed E-state index contributed by atoms with van der Waals surface area (Å²) in [6.07, 6.45) is 5.12. The van der Waals surface area contributed by atoms with Crippen molar-refractivity contribution in [1.82, 2.24) is 4.98 Å². The molecular formula is C16H18N2O. The summed E-state index contributed by atoms with van der Waals surface area (Å²) in [5, 5.41) is 1.08. The number of methoxy groups -OCH3 is 1. The van der Waals surface area contributed by atoms with Crippen molar-refractivity contribution in [3.05, 3.63) is 29.5 Å². The fourth-order valence-corrected chi connectivity index (χ4v) is 3.83. The van der Waals surface area contributed by atoms with Gasteiger partial charge in [-0.05, 0) is 43.7 Å². The highest BCUT2D eigenvalue weighted by molar-refractivity contribution is 5.93. The van der Waals surface area contributed by atoms with Crippen molar-refractivity contribution in [2.75, 3.05) is 12.8 Å². The number of rotatable bonds is 1. The molecule has 1 heterocycles. The molecule has 0 aliphatic heterocycles. The van der Waals surface area contributed by atoms with Crippen LogP contribution < -0.4 is 10.5 Å². The van der Waals surface area contributed by atoms with Gasteiger partial charge in [0.25, 0.3) is 0 Å². The van der Waals surface area contributed by atoms with Gasteiger partial charge in [-0.1, -0.05) is 0 Å². The molecule has 1 fully saturated rings. The Labute approximate surface area is 112 Å². The largest absolute Gasteiger partial charge is 0.497 e. The van der Waals surface area contributed by atoms with Gasteiger partial charge in [0.2, 0.25) is 0 Å². The van der Waals surface area contributed by atoms with E-state index in [2.05, 4.69) is 0 Å². The van der Waals surface area contributed by atoms with Crippen LogP contribution in [-0.2, 0) is 0 Å². The van der Waals surface area contributed by atoms with Crippen molar-refractivity contribution in [2.24, 2.45) is 0 Å². The molecule has 3 heteroatoms. The van der Waals surface area contributed by atoms with E-state index in [0.717, 1.165) is 22.3 Å². The third-order valence-corrected chi connectivity index (χ3v) is 4.82. The summed E-state index contributed by atoms with van der Waals surface area (Å²) in [7, 11) is 1.69. The molecule has 3 nitrogen and oxygen atoms in total. The predicted molar refractivity (Wildman–Crippen MR) is 76.7 cm³/mol. The van der Waals surface area contributed by atoms with Crippen LogP contribution in [0, 0.1) is 0 Å². The average molecular weight is 254 g/mol.